The van der Waals surface area contributed by atoms with Crippen molar-refractivity contribution in [2.45, 2.75) is 38.7 Å². The number of para-hydroxylation sites is 1. The molecule has 0 saturated carbocycles. The third-order valence-electron chi connectivity index (χ3n) is 5.04. The molecule has 0 aliphatic carbocycles. The summed E-state index contributed by atoms with van der Waals surface area (Å²) in [4.78, 5) is 37.7. The maximum atomic E-state index is 13.0. The molecule has 158 valence electrons. The first-order valence-corrected chi connectivity index (χ1v) is 10.1. The topological polar surface area (TPSA) is 102 Å². The molecule has 3 rings (SSSR count). The van der Waals surface area contributed by atoms with Crippen molar-refractivity contribution in [2.75, 3.05) is 18.4 Å². The Hall–Kier alpha value is -3.42. The van der Waals surface area contributed by atoms with E-state index in [9.17, 15) is 19.7 Å². The van der Waals surface area contributed by atoms with Crippen LogP contribution in [-0.2, 0) is 4.79 Å². The molecule has 1 aliphatic heterocycles. The van der Waals surface area contributed by atoms with Gasteiger partial charge in [0, 0.05) is 25.2 Å². The number of rotatable bonds is 6. The van der Waals surface area contributed by atoms with E-state index in [1.165, 1.54) is 24.3 Å². The first-order chi connectivity index (χ1) is 14.5. The van der Waals surface area contributed by atoms with E-state index in [-0.39, 0.29) is 11.6 Å². The Balaban J connectivity index is 1.67. The zero-order valence-corrected chi connectivity index (χ0v) is 16.9. The molecule has 1 heterocycles. The van der Waals surface area contributed by atoms with Gasteiger partial charge in [-0.05, 0) is 44.0 Å². The van der Waals surface area contributed by atoms with Crippen molar-refractivity contribution in [1.82, 2.24) is 4.90 Å². The molecule has 2 amide bonds. The van der Waals surface area contributed by atoms with E-state index in [0.717, 1.165) is 38.8 Å². The number of carbonyl (C=O) groups is 2. The highest BCUT2D eigenvalue weighted by molar-refractivity contribution is 6.04. The van der Waals surface area contributed by atoms with Crippen LogP contribution in [0.5, 0.6) is 5.75 Å². The minimum atomic E-state index is -0.854. The van der Waals surface area contributed by atoms with E-state index in [1.807, 2.05) is 4.90 Å². The average Bonchev–Trinajstić information content (AvgIpc) is 3.03. The number of nitro groups is 1. The molecule has 1 unspecified atom stereocenters. The average molecular weight is 411 g/mol. The molecule has 30 heavy (non-hydrogen) atoms. The van der Waals surface area contributed by atoms with Crippen LogP contribution in [0.3, 0.4) is 0 Å². The maximum absolute atomic E-state index is 13.0. The van der Waals surface area contributed by atoms with Crippen molar-refractivity contribution in [3.05, 3.63) is 64.2 Å². The Bertz CT molecular complexity index is 905. The second kappa shape index (κ2) is 9.87. The molecular formula is C22H25N3O5. The summed E-state index contributed by atoms with van der Waals surface area (Å²) in [6.07, 6.45) is 3.37. The van der Waals surface area contributed by atoms with Gasteiger partial charge in [0.25, 0.3) is 17.5 Å². The number of nitro benzene ring substituents is 1. The van der Waals surface area contributed by atoms with Crippen LogP contribution in [0, 0.1) is 10.1 Å². The molecule has 8 nitrogen and oxygen atoms in total. The number of non-ortho nitro benzene ring substituents is 1. The predicted molar refractivity (Wildman–Crippen MR) is 113 cm³/mol. The second-order valence-electron chi connectivity index (χ2n) is 7.25. The van der Waals surface area contributed by atoms with Crippen LogP contribution in [0.15, 0.2) is 48.5 Å². The number of ether oxygens (including phenoxy) is 1. The summed E-state index contributed by atoms with van der Waals surface area (Å²) in [6.45, 7) is 3.03. The van der Waals surface area contributed by atoms with Gasteiger partial charge in [-0.3, -0.25) is 19.7 Å². The number of carbonyl (C=O) groups excluding carboxylic acids is 2. The number of anilines is 1. The number of nitrogens with zero attached hydrogens (tertiary/aromatic N) is 2. The normalized spacial score (nSPS) is 15.0. The molecule has 0 aromatic heterocycles. The molecule has 0 radical (unpaired) electrons. The van der Waals surface area contributed by atoms with Crippen molar-refractivity contribution >= 4 is 23.2 Å². The van der Waals surface area contributed by atoms with Gasteiger partial charge in [-0.25, -0.2) is 0 Å². The predicted octanol–water partition coefficient (Wildman–Crippen LogP) is 4.02. The molecule has 1 N–H and O–H groups in total. The highest BCUT2D eigenvalue weighted by atomic mass is 16.6. The first-order valence-electron chi connectivity index (χ1n) is 10.1. The molecule has 2 aromatic rings. The van der Waals surface area contributed by atoms with Gasteiger partial charge in [0.2, 0.25) is 0 Å². The lowest BCUT2D eigenvalue weighted by molar-refractivity contribution is -0.384. The summed E-state index contributed by atoms with van der Waals surface area (Å²) in [5, 5.41) is 13.5. The van der Waals surface area contributed by atoms with Gasteiger partial charge in [0.15, 0.2) is 6.10 Å². The molecule has 1 fully saturated rings. The van der Waals surface area contributed by atoms with E-state index >= 15 is 0 Å². The van der Waals surface area contributed by atoms with Crippen LogP contribution in [-0.4, -0.2) is 40.8 Å². The van der Waals surface area contributed by atoms with Gasteiger partial charge in [-0.15, -0.1) is 0 Å². The third-order valence-corrected chi connectivity index (χ3v) is 5.04. The number of hydrogen-bond acceptors (Lipinski definition) is 5. The number of likely N-dealkylation sites (tertiary alicyclic amines) is 1. The first kappa shape index (κ1) is 21.3. The lowest BCUT2D eigenvalue weighted by Crippen LogP contribution is -2.34. The number of amides is 2. The largest absolute Gasteiger partial charge is 0.481 e. The van der Waals surface area contributed by atoms with E-state index in [0.29, 0.717) is 17.0 Å². The van der Waals surface area contributed by atoms with Gasteiger partial charge in [-0.1, -0.05) is 25.0 Å². The van der Waals surface area contributed by atoms with Crippen LogP contribution in [0.2, 0.25) is 0 Å². The minimum absolute atomic E-state index is 0.0552. The number of hydrogen-bond donors (Lipinski definition) is 1. The van der Waals surface area contributed by atoms with Crippen molar-refractivity contribution < 1.29 is 19.2 Å². The Morgan fingerprint density at radius 1 is 1.03 bits per heavy atom. The van der Waals surface area contributed by atoms with Gasteiger partial charge in [-0.2, -0.15) is 0 Å². The summed E-state index contributed by atoms with van der Waals surface area (Å²) in [5.41, 5.74) is 0.839. The van der Waals surface area contributed by atoms with Crippen LogP contribution in [0.1, 0.15) is 43.0 Å². The fraction of sp³-hybridized carbons (Fsp3) is 0.364. The molecule has 1 saturated heterocycles. The highest BCUT2D eigenvalue weighted by Crippen LogP contribution is 2.22. The van der Waals surface area contributed by atoms with Gasteiger partial charge >= 0.3 is 0 Å². The monoisotopic (exact) mass is 411 g/mol. The van der Waals surface area contributed by atoms with E-state index < -0.39 is 16.9 Å². The zero-order chi connectivity index (χ0) is 21.5. The van der Waals surface area contributed by atoms with E-state index in [4.69, 9.17) is 4.74 Å². The zero-order valence-electron chi connectivity index (χ0n) is 16.9. The van der Waals surface area contributed by atoms with E-state index in [1.54, 1.807) is 31.2 Å². The molecule has 1 aliphatic rings. The summed E-state index contributed by atoms with van der Waals surface area (Å²) in [6, 6.07) is 12.5. The maximum Gasteiger partial charge on any atom is 0.269 e. The highest BCUT2D eigenvalue weighted by Gasteiger charge is 2.22. The number of nitrogens with one attached hydrogen (secondary N) is 1. The molecule has 0 bridgehead atoms. The Morgan fingerprint density at radius 3 is 2.30 bits per heavy atom. The molecule has 1 atom stereocenters. The standard InChI is InChI=1S/C22H25N3O5/c1-16(30-18-12-10-17(11-13-18)25(28)29)21(26)23-20-9-5-4-8-19(20)22(27)24-14-6-2-3-7-15-24/h4-5,8-13,16H,2-3,6-7,14-15H2,1H3,(H,23,26). The van der Waals surface area contributed by atoms with Crippen molar-refractivity contribution in [2.24, 2.45) is 0 Å². The Labute approximate surface area is 175 Å². The fourth-order valence-electron chi connectivity index (χ4n) is 3.36. The lowest BCUT2D eigenvalue weighted by Gasteiger charge is -2.22. The van der Waals surface area contributed by atoms with Crippen molar-refractivity contribution in [3.8, 4) is 5.75 Å². The van der Waals surface area contributed by atoms with Gasteiger partial charge < -0.3 is 15.0 Å². The SMILES string of the molecule is CC(Oc1ccc([N+](=O)[O-])cc1)C(=O)Nc1ccccc1C(=O)N1CCCCCC1. The molecule has 8 heteroatoms. The van der Waals surface area contributed by atoms with Crippen LogP contribution < -0.4 is 10.1 Å². The number of benzene rings is 2. The molecule has 2 aromatic carbocycles. The fourth-order valence-corrected chi connectivity index (χ4v) is 3.36. The van der Waals surface area contributed by atoms with Crippen LogP contribution in [0.25, 0.3) is 0 Å². The second-order valence-corrected chi connectivity index (χ2v) is 7.25. The van der Waals surface area contributed by atoms with Gasteiger partial charge in [0.05, 0.1) is 16.2 Å². The lowest BCUT2D eigenvalue weighted by atomic mass is 10.1. The third kappa shape index (κ3) is 5.34. The Kier molecular flexibility index (Phi) is 7.00. The van der Waals surface area contributed by atoms with E-state index in [2.05, 4.69) is 5.32 Å². The minimum Gasteiger partial charge on any atom is -0.481 e. The quantitative estimate of drug-likeness (QED) is 0.571. The summed E-state index contributed by atoms with van der Waals surface area (Å²) >= 11 is 0. The molecular weight excluding hydrogens is 386 g/mol. The van der Waals surface area contributed by atoms with Crippen molar-refractivity contribution in [3.63, 3.8) is 0 Å². The smallest absolute Gasteiger partial charge is 0.269 e. The van der Waals surface area contributed by atoms with Crippen molar-refractivity contribution in [1.29, 1.82) is 0 Å². The summed E-state index contributed by atoms with van der Waals surface area (Å²) in [7, 11) is 0. The summed E-state index contributed by atoms with van der Waals surface area (Å²) < 4.78 is 5.59. The van der Waals surface area contributed by atoms with Crippen LogP contribution >= 0.6 is 0 Å². The molecule has 0 spiro atoms. The van der Waals surface area contributed by atoms with Crippen LogP contribution in [0.4, 0.5) is 11.4 Å². The summed E-state index contributed by atoms with van der Waals surface area (Å²) in [5.74, 6) is -0.154. The van der Waals surface area contributed by atoms with Gasteiger partial charge in [0.1, 0.15) is 5.75 Å². The Morgan fingerprint density at radius 2 is 1.67 bits per heavy atom.